The van der Waals surface area contributed by atoms with Gasteiger partial charge in [0.25, 0.3) is 0 Å². The van der Waals surface area contributed by atoms with Crippen LogP contribution in [0.4, 0.5) is 0 Å². The van der Waals surface area contributed by atoms with E-state index < -0.39 is 0 Å². The largest absolute Gasteiger partial charge is 0.396 e. The molecule has 1 amide bonds. The average molecular weight is 453 g/mol. The number of carbonyl (C=O) groups is 1. The summed E-state index contributed by atoms with van der Waals surface area (Å²) in [5.74, 6) is 1.77. The molecule has 6 rings (SSSR count). The average Bonchev–Trinajstić information content (AvgIpc) is 2.98. The van der Waals surface area contributed by atoms with Crippen LogP contribution >= 0.6 is 27.5 Å². The molecule has 4 bridgehead atoms. The molecule has 5 fully saturated rings. The second-order valence-electron chi connectivity index (χ2n) is 9.76. The van der Waals surface area contributed by atoms with Crippen LogP contribution in [0.5, 0.6) is 0 Å². The number of hydrogen-bond donors (Lipinski definition) is 1. The molecule has 1 aromatic carbocycles. The van der Waals surface area contributed by atoms with Crippen molar-refractivity contribution in [2.24, 2.45) is 23.2 Å². The molecule has 1 aliphatic heterocycles. The van der Waals surface area contributed by atoms with Gasteiger partial charge in [0.1, 0.15) is 0 Å². The summed E-state index contributed by atoms with van der Waals surface area (Å²) in [5.41, 5.74) is 1.16. The summed E-state index contributed by atoms with van der Waals surface area (Å²) >= 11 is 9.86. The third-order valence-electron chi connectivity index (χ3n) is 7.86. The molecule has 1 saturated heterocycles. The maximum Gasteiger partial charge on any atom is 0.226 e. The Morgan fingerprint density at radius 3 is 2.63 bits per heavy atom. The Hall–Kier alpha value is -0.580. The van der Waals surface area contributed by atoms with Crippen LogP contribution in [0.1, 0.15) is 50.5 Å². The van der Waals surface area contributed by atoms with Crippen LogP contribution in [0, 0.1) is 23.2 Å². The Bertz CT molecular complexity index is 768. The fraction of sp³-hybridized carbons (Fsp3) is 0.682. The van der Waals surface area contributed by atoms with E-state index in [0.29, 0.717) is 24.3 Å². The van der Waals surface area contributed by atoms with Crippen molar-refractivity contribution in [1.82, 2.24) is 4.90 Å². The van der Waals surface area contributed by atoms with E-state index in [1.54, 1.807) is 0 Å². The van der Waals surface area contributed by atoms with Crippen molar-refractivity contribution >= 4 is 33.4 Å². The molecule has 5 heteroatoms. The molecule has 5 aliphatic rings. The van der Waals surface area contributed by atoms with Crippen LogP contribution < -0.4 is 0 Å². The van der Waals surface area contributed by atoms with Gasteiger partial charge in [-0.2, -0.15) is 0 Å². The summed E-state index contributed by atoms with van der Waals surface area (Å²) < 4.78 is 0.971. The van der Waals surface area contributed by atoms with Gasteiger partial charge in [0, 0.05) is 34.1 Å². The van der Waals surface area contributed by atoms with E-state index in [1.165, 1.54) is 19.3 Å². The van der Waals surface area contributed by atoms with E-state index in [-0.39, 0.29) is 16.9 Å². The molecular weight excluding hydrogens is 426 g/mol. The minimum absolute atomic E-state index is 0.0160. The predicted molar refractivity (Wildman–Crippen MR) is 110 cm³/mol. The minimum atomic E-state index is 0.0160. The molecule has 3 atom stereocenters. The molecule has 1 N–H and O–H groups in total. The van der Waals surface area contributed by atoms with Crippen LogP contribution in [-0.4, -0.2) is 34.6 Å². The predicted octanol–water partition coefficient (Wildman–Crippen LogP) is 4.82. The van der Waals surface area contributed by atoms with Crippen LogP contribution in [0.2, 0.25) is 5.02 Å². The van der Waals surface area contributed by atoms with Gasteiger partial charge < -0.3 is 10.0 Å². The van der Waals surface area contributed by atoms with Crippen molar-refractivity contribution in [3.05, 3.63) is 33.3 Å². The molecule has 0 radical (unpaired) electrons. The molecule has 4 aliphatic carbocycles. The number of aliphatic hydroxyl groups excluding tert-OH is 1. The maximum absolute atomic E-state index is 13.4. The van der Waals surface area contributed by atoms with Crippen molar-refractivity contribution in [2.45, 2.75) is 56.9 Å². The SMILES string of the molecule is O=C1C(Cc2ccc(Br)cc2Cl)CCN1C12CC3CC(CC(CO)(C3)C1)C2. The quantitative estimate of drug-likeness (QED) is 0.711. The van der Waals surface area contributed by atoms with Crippen molar-refractivity contribution in [1.29, 1.82) is 0 Å². The first-order chi connectivity index (χ1) is 12.9. The van der Waals surface area contributed by atoms with Crippen molar-refractivity contribution in [2.75, 3.05) is 13.2 Å². The van der Waals surface area contributed by atoms with E-state index in [1.807, 2.05) is 18.2 Å². The monoisotopic (exact) mass is 451 g/mol. The van der Waals surface area contributed by atoms with Crippen molar-refractivity contribution < 1.29 is 9.90 Å². The zero-order valence-corrected chi connectivity index (χ0v) is 17.9. The molecular formula is C22H27BrClNO2. The number of aliphatic hydroxyl groups is 1. The van der Waals surface area contributed by atoms with E-state index in [9.17, 15) is 9.90 Å². The number of nitrogens with zero attached hydrogens (tertiary/aromatic N) is 1. The number of halogens is 2. The zero-order valence-electron chi connectivity index (χ0n) is 15.6. The standard InChI is InChI=1S/C22H27BrClNO2/c23-18-2-1-16(19(24)7-18)6-17-3-4-25(20(17)27)22-10-14-5-15(11-22)9-21(8-14,12-22)13-26/h1-2,7,14-15,17,26H,3-6,8-13H2. The Balaban J connectivity index is 1.37. The molecule has 1 aromatic rings. The molecule has 3 unspecified atom stereocenters. The second kappa shape index (κ2) is 6.47. The summed E-state index contributed by atoms with van der Waals surface area (Å²) in [6, 6.07) is 5.95. The van der Waals surface area contributed by atoms with Gasteiger partial charge in [-0.15, -0.1) is 0 Å². The van der Waals surface area contributed by atoms with E-state index in [2.05, 4.69) is 20.8 Å². The summed E-state index contributed by atoms with van der Waals surface area (Å²) in [6.45, 7) is 1.17. The lowest BCUT2D eigenvalue weighted by atomic mass is 9.46. The van der Waals surface area contributed by atoms with Crippen LogP contribution in [0.15, 0.2) is 22.7 Å². The zero-order chi connectivity index (χ0) is 18.8. The van der Waals surface area contributed by atoms with Crippen molar-refractivity contribution in [3.63, 3.8) is 0 Å². The highest BCUT2D eigenvalue weighted by atomic mass is 79.9. The lowest BCUT2D eigenvalue weighted by Gasteiger charge is -2.64. The van der Waals surface area contributed by atoms with E-state index in [0.717, 1.165) is 53.7 Å². The highest BCUT2D eigenvalue weighted by Crippen LogP contribution is 2.63. The lowest BCUT2D eigenvalue weighted by molar-refractivity contribution is -0.163. The Morgan fingerprint density at radius 2 is 1.96 bits per heavy atom. The van der Waals surface area contributed by atoms with Gasteiger partial charge in [-0.3, -0.25) is 4.79 Å². The Kier molecular flexibility index (Phi) is 4.42. The first-order valence-corrected chi connectivity index (χ1v) is 11.5. The van der Waals surface area contributed by atoms with Gasteiger partial charge in [-0.1, -0.05) is 33.6 Å². The van der Waals surface area contributed by atoms with Gasteiger partial charge in [-0.25, -0.2) is 0 Å². The van der Waals surface area contributed by atoms with E-state index in [4.69, 9.17) is 11.6 Å². The Labute approximate surface area is 174 Å². The molecule has 3 nitrogen and oxygen atoms in total. The van der Waals surface area contributed by atoms with Crippen LogP contribution in [0.3, 0.4) is 0 Å². The molecule has 1 heterocycles. The van der Waals surface area contributed by atoms with Gasteiger partial charge >= 0.3 is 0 Å². The van der Waals surface area contributed by atoms with Crippen molar-refractivity contribution in [3.8, 4) is 0 Å². The number of hydrogen-bond acceptors (Lipinski definition) is 2. The maximum atomic E-state index is 13.4. The second-order valence-corrected chi connectivity index (χ2v) is 11.1. The number of likely N-dealkylation sites (tertiary alicyclic amines) is 1. The highest BCUT2D eigenvalue weighted by molar-refractivity contribution is 9.10. The minimum Gasteiger partial charge on any atom is -0.396 e. The highest BCUT2D eigenvalue weighted by Gasteiger charge is 2.61. The molecule has 0 spiro atoms. The third-order valence-corrected chi connectivity index (χ3v) is 8.70. The van der Waals surface area contributed by atoms with Crippen LogP contribution in [-0.2, 0) is 11.2 Å². The topological polar surface area (TPSA) is 40.5 Å². The molecule has 0 aromatic heterocycles. The van der Waals surface area contributed by atoms with Gasteiger partial charge in [0.05, 0.1) is 0 Å². The fourth-order valence-electron chi connectivity index (χ4n) is 7.25. The number of amides is 1. The summed E-state index contributed by atoms with van der Waals surface area (Å²) in [4.78, 5) is 15.6. The summed E-state index contributed by atoms with van der Waals surface area (Å²) in [6.07, 6.45) is 8.63. The molecule has 4 saturated carbocycles. The molecule has 146 valence electrons. The Morgan fingerprint density at radius 1 is 1.22 bits per heavy atom. The number of benzene rings is 1. The number of carbonyl (C=O) groups excluding carboxylic acids is 1. The summed E-state index contributed by atoms with van der Waals surface area (Å²) in [5, 5.41) is 10.9. The number of rotatable bonds is 4. The van der Waals surface area contributed by atoms with Gasteiger partial charge in [-0.05, 0) is 86.3 Å². The normalized spacial score (nSPS) is 40.2. The first-order valence-electron chi connectivity index (χ1n) is 10.3. The lowest BCUT2D eigenvalue weighted by Crippen LogP contribution is -2.64. The van der Waals surface area contributed by atoms with Gasteiger partial charge in [0.15, 0.2) is 0 Å². The van der Waals surface area contributed by atoms with E-state index >= 15 is 0 Å². The molecule has 27 heavy (non-hydrogen) atoms. The fourth-order valence-corrected chi connectivity index (χ4v) is 8.01. The first kappa shape index (κ1) is 18.4. The third kappa shape index (κ3) is 2.98. The smallest absolute Gasteiger partial charge is 0.226 e. The van der Waals surface area contributed by atoms with Gasteiger partial charge in [0.2, 0.25) is 5.91 Å². The summed E-state index contributed by atoms with van der Waals surface area (Å²) in [7, 11) is 0. The van der Waals surface area contributed by atoms with Crippen LogP contribution in [0.25, 0.3) is 0 Å².